The van der Waals surface area contributed by atoms with Crippen molar-refractivity contribution in [3.63, 3.8) is 0 Å². The highest BCUT2D eigenvalue weighted by molar-refractivity contribution is 5.38. The van der Waals surface area contributed by atoms with Gasteiger partial charge in [0.25, 0.3) is 0 Å². The van der Waals surface area contributed by atoms with E-state index in [1.807, 2.05) is 0 Å². The van der Waals surface area contributed by atoms with Gasteiger partial charge in [0.15, 0.2) is 0 Å². The maximum atomic E-state index is 6.01. The van der Waals surface area contributed by atoms with Crippen LogP contribution in [0.3, 0.4) is 0 Å². The van der Waals surface area contributed by atoms with Crippen LogP contribution < -0.4 is 10.1 Å². The van der Waals surface area contributed by atoms with Crippen molar-refractivity contribution < 1.29 is 4.74 Å². The zero-order valence-corrected chi connectivity index (χ0v) is 12.6. The maximum absolute atomic E-state index is 6.01. The fraction of sp³-hybridized carbons (Fsp3) is 0.647. The summed E-state index contributed by atoms with van der Waals surface area (Å²) in [5.74, 6) is 1.93. The molecule has 0 bridgehead atoms. The monoisotopic (exact) mass is 274 g/mol. The van der Waals surface area contributed by atoms with Gasteiger partial charge >= 0.3 is 0 Å². The summed E-state index contributed by atoms with van der Waals surface area (Å²) in [6.45, 7) is 8.78. The number of fused-ring (bicyclic) bond motifs is 1. The van der Waals surface area contributed by atoms with E-state index in [0.717, 1.165) is 24.8 Å². The highest BCUT2D eigenvalue weighted by atomic mass is 16.5. The van der Waals surface area contributed by atoms with E-state index in [2.05, 4.69) is 48.3 Å². The summed E-state index contributed by atoms with van der Waals surface area (Å²) in [6, 6.07) is 9.35. The van der Waals surface area contributed by atoms with Crippen LogP contribution in [0.2, 0.25) is 0 Å². The van der Waals surface area contributed by atoms with Crippen molar-refractivity contribution in [3.8, 4) is 5.75 Å². The molecule has 2 unspecified atom stereocenters. The van der Waals surface area contributed by atoms with Gasteiger partial charge in [0.1, 0.15) is 12.4 Å². The number of hydrogen-bond acceptors (Lipinski definition) is 3. The molecule has 3 nitrogen and oxygen atoms in total. The molecule has 2 atom stereocenters. The van der Waals surface area contributed by atoms with E-state index in [1.165, 1.54) is 31.5 Å². The predicted octanol–water partition coefficient (Wildman–Crippen LogP) is 2.83. The Balaban J connectivity index is 1.81. The van der Waals surface area contributed by atoms with E-state index in [0.29, 0.717) is 12.1 Å². The first-order valence-electron chi connectivity index (χ1n) is 7.98. The lowest BCUT2D eigenvalue weighted by Gasteiger charge is -2.43. The fourth-order valence-electron chi connectivity index (χ4n) is 3.49. The number of rotatable bonds is 3. The van der Waals surface area contributed by atoms with Gasteiger partial charge in [-0.1, -0.05) is 32.0 Å². The van der Waals surface area contributed by atoms with Crippen LogP contribution in [0.4, 0.5) is 0 Å². The summed E-state index contributed by atoms with van der Waals surface area (Å²) in [6.07, 6.45) is 2.63. The van der Waals surface area contributed by atoms with Gasteiger partial charge in [-0.25, -0.2) is 0 Å². The van der Waals surface area contributed by atoms with Crippen molar-refractivity contribution in [1.29, 1.82) is 0 Å². The summed E-state index contributed by atoms with van der Waals surface area (Å²) in [5, 5.41) is 3.68. The maximum Gasteiger partial charge on any atom is 0.124 e. The minimum absolute atomic E-state index is 0.401. The number of likely N-dealkylation sites (tertiary alicyclic amines) is 1. The topological polar surface area (TPSA) is 24.5 Å². The summed E-state index contributed by atoms with van der Waals surface area (Å²) in [5.41, 5.74) is 1.32. The number of nitrogens with zero attached hydrogens (tertiary/aromatic N) is 1. The quantitative estimate of drug-likeness (QED) is 0.917. The van der Waals surface area contributed by atoms with Crippen LogP contribution in [0, 0.1) is 5.92 Å². The molecule has 3 heteroatoms. The summed E-state index contributed by atoms with van der Waals surface area (Å²) in [7, 11) is 0. The Bertz CT molecular complexity index is 440. The Kier molecular flexibility index (Phi) is 4.27. The molecule has 2 heterocycles. The van der Waals surface area contributed by atoms with Crippen molar-refractivity contribution in [3.05, 3.63) is 29.8 Å². The average molecular weight is 274 g/mol. The lowest BCUT2D eigenvalue weighted by atomic mass is 9.91. The van der Waals surface area contributed by atoms with E-state index in [1.54, 1.807) is 0 Å². The number of likely N-dealkylation sites (N-methyl/N-ethyl adjacent to an activating group) is 1. The zero-order chi connectivity index (χ0) is 13.9. The van der Waals surface area contributed by atoms with Gasteiger partial charge < -0.3 is 10.1 Å². The minimum atomic E-state index is 0.401. The first-order valence-corrected chi connectivity index (χ1v) is 7.98. The second-order valence-electron chi connectivity index (χ2n) is 6.17. The number of hydrogen-bond donors (Lipinski definition) is 1. The highest BCUT2D eigenvalue weighted by Gasteiger charge is 2.35. The molecule has 0 aromatic heterocycles. The third-order valence-corrected chi connectivity index (χ3v) is 4.76. The Morgan fingerprint density at radius 3 is 2.75 bits per heavy atom. The molecule has 0 radical (unpaired) electrons. The Hall–Kier alpha value is -1.06. The molecule has 0 amide bonds. The molecule has 1 N–H and O–H groups in total. The molecule has 2 aliphatic rings. The fourth-order valence-corrected chi connectivity index (χ4v) is 3.49. The Morgan fingerprint density at radius 1 is 1.25 bits per heavy atom. The third kappa shape index (κ3) is 2.70. The van der Waals surface area contributed by atoms with Crippen LogP contribution in [-0.4, -0.2) is 37.2 Å². The molecule has 1 fully saturated rings. The molecule has 1 aromatic rings. The molecule has 20 heavy (non-hydrogen) atoms. The summed E-state index contributed by atoms with van der Waals surface area (Å²) >= 11 is 0. The average Bonchev–Trinajstić information content (AvgIpc) is 2.49. The normalized spacial score (nSPS) is 27.9. The lowest BCUT2D eigenvalue weighted by molar-refractivity contribution is 0.0601. The summed E-state index contributed by atoms with van der Waals surface area (Å²) in [4.78, 5) is 2.63. The van der Waals surface area contributed by atoms with Crippen LogP contribution in [0.5, 0.6) is 5.75 Å². The highest BCUT2D eigenvalue weighted by Crippen LogP contribution is 2.35. The van der Waals surface area contributed by atoms with Crippen LogP contribution in [0.1, 0.15) is 38.3 Å². The molecule has 1 aromatic carbocycles. The molecule has 2 aliphatic heterocycles. The second-order valence-corrected chi connectivity index (χ2v) is 6.17. The van der Waals surface area contributed by atoms with Gasteiger partial charge in [0.05, 0.1) is 12.1 Å². The van der Waals surface area contributed by atoms with Gasteiger partial charge in [-0.3, -0.25) is 4.90 Å². The number of ether oxygens (including phenoxy) is 1. The third-order valence-electron chi connectivity index (χ3n) is 4.76. The molecule has 1 saturated heterocycles. The van der Waals surface area contributed by atoms with Gasteiger partial charge in [-0.15, -0.1) is 0 Å². The summed E-state index contributed by atoms with van der Waals surface area (Å²) < 4.78 is 6.01. The van der Waals surface area contributed by atoms with Crippen LogP contribution in [0.25, 0.3) is 0 Å². The molecule has 0 aliphatic carbocycles. The van der Waals surface area contributed by atoms with Crippen molar-refractivity contribution >= 4 is 0 Å². The molecule has 0 spiro atoms. The zero-order valence-electron chi connectivity index (χ0n) is 12.6. The van der Waals surface area contributed by atoms with E-state index >= 15 is 0 Å². The minimum Gasteiger partial charge on any atom is -0.492 e. The second kappa shape index (κ2) is 6.15. The van der Waals surface area contributed by atoms with Crippen molar-refractivity contribution in [2.75, 3.05) is 26.2 Å². The van der Waals surface area contributed by atoms with E-state index in [-0.39, 0.29) is 0 Å². The van der Waals surface area contributed by atoms with Gasteiger partial charge in [0, 0.05) is 5.56 Å². The van der Waals surface area contributed by atoms with Crippen molar-refractivity contribution in [2.45, 2.75) is 38.8 Å². The number of para-hydroxylation sites is 1. The number of benzene rings is 1. The molecule has 110 valence electrons. The van der Waals surface area contributed by atoms with E-state index < -0.39 is 0 Å². The van der Waals surface area contributed by atoms with E-state index in [9.17, 15) is 0 Å². The number of nitrogens with one attached hydrogen (secondary N) is 1. The smallest absolute Gasteiger partial charge is 0.124 e. The van der Waals surface area contributed by atoms with E-state index in [4.69, 9.17) is 4.74 Å². The van der Waals surface area contributed by atoms with Gasteiger partial charge in [0.2, 0.25) is 0 Å². The Labute approximate surface area is 122 Å². The Morgan fingerprint density at radius 2 is 2.00 bits per heavy atom. The van der Waals surface area contributed by atoms with Crippen molar-refractivity contribution in [2.24, 2.45) is 5.92 Å². The van der Waals surface area contributed by atoms with Crippen molar-refractivity contribution in [1.82, 2.24) is 10.2 Å². The van der Waals surface area contributed by atoms with Gasteiger partial charge in [-0.2, -0.15) is 0 Å². The first-order chi connectivity index (χ1) is 9.79. The standard InChI is InChI=1S/C17H26N2O/c1-3-18-17-14-6-4-5-7-16(14)20-12-15(17)19-10-8-13(2)9-11-19/h4-7,13,15,17-18H,3,8-12H2,1-2H3. The SMILES string of the molecule is CCNC1c2ccccc2OCC1N1CCC(C)CC1. The van der Waals surface area contributed by atoms with Crippen LogP contribution in [0.15, 0.2) is 24.3 Å². The lowest BCUT2D eigenvalue weighted by Crippen LogP contribution is -2.52. The number of piperidine rings is 1. The molecule has 3 rings (SSSR count). The predicted molar refractivity (Wildman–Crippen MR) is 82.1 cm³/mol. The van der Waals surface area contributed by atoms with Crippen LogP contribution in [-0.2, 0) is 0 Å². The molecule has 0 saturated carbocycles. The largest absolute Gasteiger partial charge is 0.492 e. The van der Waals surface area contributed by atoms with Gasteiger partial charge in [-0.05, 0) is 44.5 Å². The van der Waals surface area contributed by atoms with Crippen LogP contribution >= 0.6 is 0 Å². The first kappa shape index (κ1) is 13.9. The molecular formula is C17H26N2O. The molecular weight excluding hydrogens is 248 g/mol.